The Morgan fingerprint density at radius 2 is 1.61 bits per heavy atom. The second-order valence-electron chi connectivity index (χ2n) is 9.14. The molecule has 0 heterocycles. The first-order valence-corrected chi connectivity index (χ1v) is 13.9. The lowest BCUT2D eigenvalue weighted by Crippen LogP contribution is -2.51. The number of aryl methyl sites for hydroxylation is 2. The first-order valence-electron chi connectivity index (χ1n) is 12.4. The molecule has 0 aliphatic heterocycles. The van der Waals surface area contributed by atoms with Crippen molar-refractivity contribution in [2.24, 2.45) is 0 Å². The van der Waals surface area contributed by atoms with Crippen molar-refractivity contribution >= 4 is 35.2 Å². The lowest BCUT2D eigenvalue weighted by Gasteiger charge is -2.31. The minimum absolute atomic E-state index is 0.0584. The number of thioether (sulfide) groups is 1. The van der Waals surface area contributed by atoms with Crippen LogP contribution in [0.25, 0.3) is 0 Å². The third-order valence-electron chi connectivity index (χ3n) is 5.84. The molecule has 0 fully saturated rings. The van der Waals surface area contributed by atoms with Crippen molar-refractivity contribution in [2.45, 2.75) is 52.0 Å². The van der Waals surface area contributed by atoms with E-state index in [0.29, 0.717) is 30.3 Å². The van der Waals surface area contributed by atoms with E-state index in [9.17, 15) is 9.59 Å². The molecule has 1 atom stereocenters. The number of carbonyl (C=O) groups is 2. The van der Waals surface area contributed by atoms with Gasteiger partial charge in [0.25, 0.3) is 0 Å². The van der Waals surface area contributed by atoms with Crippen LogP contribution in [-0.4, -0.2) is 35.1 Å². The van der Waals surface area contributed by atoms with Gasteiger partial charge in [-0.25, -0.2) is 0 Å². The molecule has 0 aliphatic carbocycles. The van der Waals surface area contributed by atoms with Gasteiger partial charge in [0.05, 0.1) is 5.75 Å². The van der Waals surface area contributed by atoms with Crippen LogP contribution in [0.5, 0.6) is 0 Å². The molecule has 190 valence electrons. The van der Waals surface area contributed by atoms with Crippen molar-refractivity contribution < 1.29 is 9.59 Å². The lowest BCUT2D eigenvalue weighted by molar-refractivity contribution is -0.139. The van der Waals surface area contributed by atoms with Crippen molar-refractivity contribution in [3.05, 3.63) is 106 Å². The zero-order valence-electron chi connectivity index (χ0n) is 21.3. The summed E-state index contributed by atoms with van der Waals surface area (Å²) >= 11 is 7.82. The van der Waals surface area contributed by atoms with E-state index in [1.165, 1.54) is 16.7 Å². The number of benzene rings is 3. The largest absolute Gasteiger partial charge is 0.354 e. The maximum Gasteiger partial charge on any atom is 0.243 e. The Hall–Kier alpha value is -2.76. The second-order valence-corrected chi connectivity index (χ2v) is 10.6. The van der Waals surface area contributed by atoms with E-state index in [-0.39, 0.29) is 11.8 Å². The van der Waals surface area contributed by atoms with Crippen molar-refractivity contribution in [3.8, 4) is 0 Å². The third kappa shape index (κ3) is 8.72. The van der Waals surface area contributed by atoms with Gasteiger partial charge in [-0.3, -0.25) is 9.59 Å². The molecule has 3 aromatic rings. The van der Waals surface area contributed by atoms with Gasteiger partial charge in [-0.15, -0.1) is 11.8 Å². The molecule has 0 aromatic heterocycles. The number of amides is 2. The maximum absolute atomic E-state index is 13.7. The zero-order chi connectivity index (χ0) is 25.9. The van der Waals surface area contributed by atoms with E-state index in [1.54, 1.807) is 16.7 Å². The molecule has 36 heavy (non-hydrogen) atoms. The summed E-state index contributed by atoms with van der Waals surface area (Å²) in [7, 11) is 0. The van der Waals surface area contributed by atoms with Gasteiger partial charge in [-0.1, -0.05) is 90.3 Å². The van der Waals surface area contributed by atoms with E-state index in [4.69, 9.17) is 11.6 Å². The molecule has 0 bridgehead atoms. The Kier molecular flexibility index (Phi) is 10.9. The van der Waals surface area contributed by atoms with Crippen LogP contribution in [0.15, 0.2) is 72.8 Å². The van der Waals surface area contributed by atoms with Gasteiger partial charge in [-0.05, 0) is 49.1 Å². The quantitative estimate of drug-likeness (QED) is 0.301. The molecule has 0 aliphatic rings. The summed E-state index contributed by atoms with van der Waals surface area (Å²) in [5.41, 5.74) is 5.55. The van der Waals surface area contributed by atoms with Crippen LogP contribution in [-0.2, 0) is 28.3 Å². The number of nitrogens with zero attached hydrogens (tertiary/aromatic N) is 1. The van der Waals surface area contributed by atoms with Gasteiger partial charge in [0, 0.05) is 30.3 Å². The second kappa shape index (κ2) is 14.1. The molecule has 0 unspecified atom stereocenters. The van der Waals surface area contributed by atoms with Gasteiger partial charge < -0.3 is 10.2 Å². The first kappa shape index (κ1) is 27.8. The summed E-state index contributed by atoms with van der Waals surface area (Å²) in [6.45, 7) is 7.08. The highest BCUT2D eigenvalue weighted by Gasteiger charge is 2.30. The Morgan fingerprint density at radius 3 is 2.28 bits per heavy atom. The average Bonchev–Trinajstić information content (AvgIpc) is 2.84. The van der Waals surface area contributed by atoms with E-state index in [0.717, 1.165) is 23.3 Å². The van der Waals surface area contributed by atoms with Crippen molar-refractivity contribution in [1.29, 1.82) is 0 Å². The van der Waals surface area contributed by atoms with Gasteiger partial charge in [0.2, 0.25) is 11.8 Å². The highest BCUT2D eigenvalue weighted by molar-refractivity contribution is 7.99. The van der Waals surface area contributed by atoms with Crippen molar-refractivity contribution in [2.75, 3.05) is 12.3 Å². The predicted octanol–water partition coefficient (Wildman–Crippen LogP) is 6.36. The van der Waals surface area contributed by atoms with Gasteiger partial charge >= 0.3 is 0 Å². The molecule has 0 saturated heterocycles. The molecule has 1 N–H and O–H groups in total. The van der Waals surface area contributed by atoms with E-state index in [2.05, 4.69) is 37.4 Å². The Bertz CT molecular complexity index is 1130. The van der Waals surface area contributed by atoms with Gasteiger partial charge in [-0.2, -0.15) is 0 Å². The minimum atomic E-state index is -0.618. The fourth-order valence-electron chi connectivity index (χ4n) is 4.24. The number of halogens is 1. The SMILES string of the molecule is CCCNC(=O)[C@@H](Cc1ccccc1)N(Cc1cccc(Cl)c1)C(=O)CSCc1cc(C)cc(C)c1. The highest BCUT2D eigenvalue weighted by atomic mass is 35.5. The molecular formula is C30H35ClN2O2S. The van der Waals surface area contributed by atoms with Crippen LogP contribution >= 0.6 is 23.4 Å². The standard InChI is InChI=1S/C30H35ClN2O2S/c1-4-13-32-30(35)28(18-24-9-6-5-7-10-24)33(19-25-11-8-12-27(31)17-25)29(34)21-36-20-26-15-22(2)14-23(3)16-26/h5-12,14-17,28H,4,13,18-21H2,1-3H3,(H,32,35)/t28-/m1/s1. The van der Waals surface area contributed by atoms with E-state index < -0.39 is 6.04 Å². The minimum Gasteiger partial charge on any atom is -0.354 e. The summed E-state index contributed by atoms with van der Waals surface area (Å²) < 4.78 is 0. The zero-order valence-corrected chi connectivity index (χ0v) is 22.9. The Morgan fingerprint density at radius 1 is 0.917 bits per heavy atom. The topological polar surface area (TPSA) is 49.4 Å². The summed E-state index contributed by atoms with van der Waals surface area (Å²) in [4.78, 5) is 28.7. The van der Waals surface area contributed by atoms with Crippen molar-refractivity contribution in [3.63, 3.8) is 0 Å². The number of carbonyl (C=O) groups excluding carboxylic acids is 2. The number of nitrogens with one attached hydrogen (secondary N) is 1. The monoisotopic (exact) mass is 522 g/mol. The fraction of sp³-hybridized carbons (Fsp3) is 0.333. The lowest BCUT2D eigenvalue weighted by atomic mass is 10.0. The summed E-state index contributed by atoms with van der Waals surface area (Å²) in [5, 5.41) is 3.62. The molecule has 3 aromatic carbocycles. The first-order chi connectivity index (χ1) is 17.4. The Balaban J connectivity index is 1.83. The molecule has 4 nitrogen and oxygen atoms in total. The van der Waals surface area contributed by atoms with Crippen LogP contribution in [0, 0.1) is 13.8 Å². The number of hydrogen-bond donors (Lipinski definition) is 1. The summed E-state index contributed by atoms with van der Waals surface area (Å²) in [5.74, 6) is 0.845. The Labute approximate surface area is 224 Å². The number of hydrogen-bond acceptors (Lipinski definition) is 3. The third-order valence-corrected chi connectivity index (χ3v) is 7.06. The van der Waals surface area contributed by atoms with Crippen LogP contribution in [0.4, 0.5) is 0 Å². The summed E-state index contributed by atoms with van der Waals surface area (Å²) in [6.07, 6.45) is 1.28. The van der Waals surface area contributed by atoms with Crippen molar-refractivity contribution in [1.82, 2.24) is 10.2 Å². The smallest absolute Gasteiger partial charge is 0.243 e. The van der Waals surface area contributed by atoms with E-state index in [1.807, 2.05) is 61.5 Å². The molecule has 3 rings (SSSR count). The van der Waals surface area contributed by atoms with E-state index >= 15 is 0 Å². The highest BCUT2D eigenvalue weighted by Crippen LogP contribution is 2.21. The maximum atomic E-state index is 13.7. The van der Waals surface area contributed by atoms with Gasteiger partial charge in [0.1, 0.15) is 6.04 Å². The predicted molar refractivity (Wildman–Crippen MR) is 151 cm³/mol. The molecular weight excluding hydrogens is 488 g/mol. The van der Waals surface area contributed by atoms with Gasteiger partial charge in [0.15, 0.2) is 0 Å². The molecule has 2 amide bonds. The number of rotatable bonds is 12. The summed E-state index contributed by atoms with van der Waals surface area (Å²) in [6, 6.07) is 23.2. The molecule has 0 spiro atoms. The van der Waals surface area contributed by atoms with Crippen LogP contribution in [0.2, 0.25) is 5.02 Å². The normalized spacial score (nSPS) is 11.7. The molecule has 6 heteroatoms. The van der Waals surface area contributed by atoms with Crippen LogP contribution in [0.1, 0.15) is 41.2 Å². The fourth-order valence-corrected chi connectivity index (χ4v) is 5.30. The molecule has 0 radical (unpaired) electrons. The average molecular weight is 523 g/mol. The van der Waals surface area contributed by atoms with Crippen LogP contribution < -0.4 is 5.32 Å². The molecule has 0 saturated carbocycles. The van der Waals surface area contributed by atoms with Crippen LogP contribution in [0.3, 0.4) is 0 Å².